The first-order valence-corrected chi connectivity index (χ1v) is 10.7. The molecule has 2 unspecified atom stereocenters. The molecule has 0 amide bonds. The van der Waals surface area contributed by atoms with Crippen LogP contribution >= 0.6 is 24.0 Å². The van der Waals surface area contributed by atoms with Crippen LogP contribution in [0.5, 0.6) is 5.75 Å². The van der Waals surface area contributed by atoms with Crippen molar-refractivity contribution in [1.82, 2.24) is 20.4 Å². The largest absolute Gasteiger partial charge is 0.497 e. The lowest BCUT2D eigenvalue weighted by atomic mass is 10.0. The minimum Gasteiger partial charge on any atom is -0.497 e. The first-order valence-electron chi connectivity index (χ1n) is 10.7. The van der Waals surface area contributed by atoms with E-state index in [1.54, 1.807) is 7.11 Å². The molecule has 2 fully saturated rings. The van der Waals surface area contributed by atoms with Crippen LogP contribution in [-0.2, 0) is 0 Å². The Morgan fingerprint density at radius 3 is 2.41 bits per heavy atom. The number of methoxy groups -OCH3 is 1. The zero-order chi connectivity index (χ0) is 19.8. The lowest BCUT2D eigenvalue weighted by molar-refractivity contribution is 0.164. The Labute approximate surface area is 193 Å². The van der Waals surface area contributed by atoms with Crippen LogP contribution < -0.4 is 15.4 Å². The summed E-state index contributed by atoms with van der Waals surface area (Å²) in [6, 6.07) is 9.48. The van der Waals surface area contributed by atoms with Crippen molar-refractivity contribution >= 4 is 29.9 Å². The van der Waals surface area contributed by atoms with Crippen LogP contribution in [0.1, 0.15) is 43.7 Å². The highest BCUT2D eigenvalue weighted by atomic mass is 127. The molecule has 7 heteroatoms. The highest BCUT2D eigenvalue weighted by Crippen LogP contribution is 2.25. The molecule has 29 heavy (non-hydrogen) atoms. The number of piperidine rings is 1. The summed E-state index contributed by atoms with van der Waals surface area (Å²) in [7, 11) is 5.79. The molecule has 2 atom stereocenters. The first-order chi connectivity index (χ1) is 13.7. The normalized spacial score (nSPS) is 22.0. The van der Waals surface area contributed by atoms with Crippen LogP contribution in [0.15, 0.2) is 29.3 Å². The van der Waals surface area contributed by atoms with E-state index >= 15 is 0 Å². The van der Waals surface area contributed by atoms with Crippen molar-refractivity contribution < 1.29 is 4.74 Å². The number of aliphatic imine (C=N–C) groups is 1. The van der Waals surface area contributed by atoms with Gasteiger partial charge in [-0.15, -0.1) is 24.0 Å². The van der Waals surface area contributed by atoms with Crippen LogP contribution in [0.25, 0.3) is 0 Å². The van der Waals surface area contributed by atoms with Crippen molar-refractivity contribution in [2.45, 2.75) is 44.2 Å². The second kappa shape index (κ2) is 12.6. The third-order valence-electron chi connectivity index (χ3n) is 6.20. The summed E-state index contributed by atoms with van der Waals surface area (Å²) in [6.45, 7) is 5.33. The van der Waals surface area contributed by atoms with Crippen molar-refractivity contribution in [3.63, 3.8) is 0 Å². The predicted molar refractivity (Wildman–Crippen MR) is 132 cm³/mol. The van der Waals surface area contributed by atoms with Gasteiger partial charge >= 0.3 is 0 Å². The Bertz CT molecular complexity index is 618. The smallest absolute Gasteiger partial charge is 0.191 e. The molecule has 164 valence electrons. The van der Waals surface area contributed by atoms with Crippen LogP contribution in [0.2, 0.25) is 0 Å². The van der Waals surface area contributed by atoms with Crippen LogP contribution in [0.3, 0.4) is 0 Å². The molecular weight excluding hydrogens is 477 g/mol. The average molecular weight is 515 g/mol. The van der Waals surface area contributed by atoms with E-state index in [1.807, 2.05) is 7.05 Å². The maximum absolute atomic E-state index is 5.34. The fraction of sp³-hybridized carbons (Fsp3) is 0.682. The van der Waals surface area contributed by atoms with E-state index in [0.717, 1.165) is 37.9 Å². The summed E-state index contributed by atoms with van der Waals surface area (Å²) in [5.74, 6) is 1.81. The number of benzene rings is 1. The Balaban J connectivity index is 0.00000300. The summed E-state index contributed by atoms with van der Waals surface area (Å²) in [4.78, 5) is 9.50. The van der Waals surface area contributed by atoms with E-state index in [0.29, 0.717) is 12.1 Å². The summed E-state index contributed by atoms with van der Waals surface area (Å²) in [5, 5.41) is 7.11. The number of nitrogens with one attached hydrogen (secondary N) is 2. The van der Waals surface area contributed by atoms with Gasteiger partial charge in [0.1, 0.15) is 5.75 Å². The van der Waals surface area contributed by atoms with Crippen molar-refractivity contribution in [1.29, 1.82) is 0 Å². The van der Waals surface area contributed by atoms with E-state index in [4.69, 9.17) is 4.74 Å². The Morgan fingerprint density at radius 2 is 1.83 bits per heavy atom. The van der Waals surface area contributed by atoms with Crippen molar-refractivity contribution in [2.24, 2.45) is 4.99 Å². The van der Waals surface area contributed by atoms with Gasteiger partial charge in [0.05, 0.1) is 13.2 Å². The Kier molecular flexibility index (Phi) is 10.5. The number of likely N-dealkylation sites (N-methyl/N-ethyl adjacent to an activating group) is 1. The molecule has 0 radical (unpaired) electrons. The van der Waals surface area contributed by atoms with Gasteiger partial charge in [0.15, 0.2) is 5.96 Å². The number of hydrogen-bond acceptors (Lipinski definition) is 4. The fourth-order valence-corrected chi connectivity index (χ4v) is 4.38. The lowest BCUT2D eigenvalue weighted by Crippen LogP contribution is -2.47. The van der Waals surface area contributed by atoms with Crippen LogP contribution in [0, 0.1) is 0 Å². The number of hydrogen-bond donors (Lipinski definition) is 2. The highest BCUT2D eigenvalue weighted by Gasteiger charge is 2.24. The maximum atomic E-state index is 5.34. The van der Waals surface area contributed by atoms with E-state index < -0.39 is 0 Å². The van der Waals surface area contributed by atoms with Gasteiger partial charge in [-0.3, -0.25) is 9.89 Å². The number of halogens is 1. The highest BCUT2D eigenvalue weighted by molar-refractivity contribution is 14.0. The Hall–Kier alpha value is -1.06. The summed E-state index contributed by atoms with van der Waals surface area (Å²) < 4.78 is 5.34. The molecule has 3 rings (SSSR count). The minimum atomic E-state index is 0. The summed E-state index contributed by atoms with van der Waals surface area (Å²) in [6.07, 6.45) is 6.48. The number of nitrogens with zero attached hydrogens (tertiary/aromatic N) is 3. The molecule has 1 aromatic rings. The molecule has 0 aliphatic carbocycles. The third kappa shape index (κ3) is 7.00. The molecule has 2 heterocycles. The monoisotopic (exact) mass is 515 g/mol. The van der Waals surface area contributed by atoms with Gasteiger partial charge in [-0.05, 0) is 70.1 Å². The van der Waals surface area contributed by atoms with Gasteiger partial charge in [0.25, 0.3) is 0 Å². The molecule has 2 aliphatic rings. The van der Waals surface area contributed by atoms with E-state index in [2.05, 4.69) is 56.7 Å². The van der Waals surface area contributed by atoms with Crippen molar-refractivity contribution in [3.05, 3.63) is 29.8 Å². The van der Waals surface area contributed by atoms with Gasteiger partial charge < -0.3 is 20.3 Å². The second-order valence-corrected chi connectivity index (χ2v) is 8.00. The van der Waals surface area contributed by atoms with Gasteiger partial charge in [-0.1, -0.05) is 18.6 Å². The minimum absolute atomic E-state index is 0. The van der Waals surface area contributed by atoms with E-state index in [1.165, 1.54) is 44.2 Å². The molecule has 0 aromatic heterocycles. The summed E-state index contributed by atoms with van der Waals surface area (Å²) in [5.41, 5.74) is 1.33. The Morgan fingerprint density at radius 1 is 1.10 bits per heavy atom. The molecular formula is C22H38IN5O. The third-order valence-corrected chi connectivity index (χ3v) is 6.20. The molecule has 2 aliphatic heterocycles. The SMILES string of the molecule is CN=C(NCC1CCCN1C)NCC(c1ccc(OC)cc1)N1CCCCC1.I. The number of likely N-dealkylation sites (tertiary alicyclic amines) is 2. The molecule has 2 saturated heterocycles. The molecule has 0 spiro atoms. The van der Waals surface area contributed by atoms with Gasteiger partial charge in [0, 0.05) is 26.2 Å². The lowest BCUT2D eigenvalue weighted by Gasteiger charge is -2.35. The summed E-state index contributed by atoms with van der Waals surface area (Å²) >= 11 is 0. The number of rotatable bonds is 7. The second-order valence-electron chi connectivity index (χ2n) is 8.00. The van der Waals surface area contributed by atoms with Crippen molar-refractivity contribution in [2.75, 3.05) is 53.9 Å². The van der Waals surface area contributed by atoms with E-state index in [9.17, 15) is 0 Å². The van der Waals surface area contributed by atoms with Crippen molar-refractivity contribution in [3.8, 4) is 5.75 Å². The molecule has 0 saturated carbocycles. The topological polar surface area (TPSA) is 52.1 Å². The fourth-order valence-electron chi connectivity index (χ4n) is 4.38. The number of guanidine groups is 1. The van der Waals surface area contributed by atoms with Gasteiger partial charge in [-0.2, -0.15) is 0 Å². The van der Waals surface area contributed by atoms with Gasteiger partial charge in [-0.25, -0.2) is 0 Å². The zero-order valence-corrected chi connectivity index (χ0v) is 20.5. The maximum Gasteiger partial charge on any atom is 0.191 e. The predicted octanol–water partition coefficient (Wildman–Crippen LogP) is 3.10. The standard InChI is InChI=1S/C22H37N5O.HI/c1-23-22(24-16-19-8-7-13-26(19)2)25-17-21(27-14-5-4-6-15-27)18-9-11-20(28-3)12-10-18;/h9-12,19,21H,4-8,13-17H2,1-3H3,(H2,23,24,25);1H. The number of ether oxygens (including phenoxy) is 1. The molecule has 1 aromatic carbocycles. The molecule has 2 N–H and O–H groups in total. The van der Waals surface area contributed by atoms with Gasteiger partial charge in [0.2, 0.25) is 0 Å². The van der Waals surface area contributed by atoms with E-state index in [-0.39, 0.29) is 24.0 Å². The van der Waals surface area contributed by atoms with Crippen LogP contribution in [0.4, 0.5) is 0 Å². The zero-order valence-electron chi connectivity index (χ0n) is 18.2. The molecule has 0 bridgehead atoms. The molecule has 6 nitrogen and oxygen atoms in total. The quantitative estimate of drug-likeness (QED) is 0.332. The average Bonchev–Trinajstić information content (AvgIpc) is 3.16. The first kappa shape index (κ1) is 24.2. The van der Waals surface area contributed by atoms with Crippen LogP contribution in [-0.4, -0.2) is 75.7 Å².